The van der Waals surface area contributed by atoms with E-state index < -0.39 is 0 Å². The molecule has 0 radical (unpaired) electrons. The number of nitrogens with two attached hydrogens (primary N) is 1. The molecule has 2 rings (SSSR count). The molecule has 1 fully saturated rings. The van der Waals surface area contributed by atoms with E-state index in [1.165, 1.54) is 17.8 Å². The van der Waals surface area contributed by atoms with Gasteiger partial charge < -0.3 is 10.6 Å². The Balaban J connectivity index is 2.11. The first-order chi connectivity index (χ1) is 6.79. The number of rotatable bonds is 1. The summed E-state index contributed by atoms with van der Waals surface area (Å²) in [7, 11) is 0. The number of thiophene rings is 1. The van der Waals surface area contributed by atoms with Crippen LogP contribution in [-0.2, 0) is 0 Å². The lowest BCUT2D eigenvalue weighted by Gasteiger charge is -2.26. The zero-order valence-electron chi connectivity index (χ0n) is 8.03. The summed E-state index contributed by atoms with van der Waals surface area (Å²) in [5, 5.41) is 2.51. The molecule has 0 atom stereocenters. The number of anilines is 1. The van der Waals surface area contributed by atoms with Crippen molar-refractivity contribution in [2.45, 2.75) is 19.3 Å². The van der Waals surface area contributed by atoms with Crippen molar-refractivity contribution in [1.82, 2.24) is 4.90 Å². The van der Waals surface area contributed by atoms with Crippen molar-refractivity contribution in [3.63, 3.8) is 0 Å². The fourth-order valence-electron chi connectivity index (χ4n) is 1.77. The van der Waals surface area contributed by atoms with Gasteiger partial charge in [-0.05, 0) is 30.7 Å². The van der Waals surface area contributed by atoms with Gasteiger partial charge in [-0.25, -0.2) is 0 Å². The molecule has 14 heavy (non-hydrogen) atoms. The minimum atomic E-state index is 0.100. The van der Waals surface area contributed by atoms with Crippen LogP contribution in [0.25, 0.3) is 0 Å². The smallest absolute Gasteiger partial charge is 0.256 e. The number of nitrogens with zero attached hydrogens (tertiary/aromatic N) is 1. The van der Waals surface area contributed by atoms with Crippen LogP contribution in [0.5, 0.6) is 0 Å². The van der Waals surface area contributed by atoms with Crippen LogP contribution in [-0.4, -0.2) is 23.9 Å². The van der Waals surface area contributed by atoms with Gasteiger partial charge in [0.1, 0.15) is 0 Å². The van der Waals surface area contributed by atoms with E-state index in [-0.39, 0.29) is 5.91 Å². The Morgan fingerprint density at radius 2 is 2.07 bits per heavy atom. The lowest BCUT2D eigenvalue weighted by molar-refractivity contribution is 0.0726. The average molecular weight is 210 g/mol. The van der Waals surface area contributed by atoms with Crippen molar-refractivity contribution >= 4 is 22.2 Å². The number of likely N-dealkylation sites (tertiary alicyclic amines) is 1. The maximum atomic E-state index is 11.9. The lowest BCUT2D eigenvalue weighted by Crippen LogP contribution is -2.35. The Kier molecular flexibility index (Phi) is 2.72. The molecule has 0 aliphatic carbocycles. The van der Waals surface area contributed by atoms with E-state index in [0.717, 1.165) is 25.9 Å². The average Bonchev–Trinajstić information content (AvgIpc) is 2.65. The predicted molar refractivity (Wildman–Crippen MR) is 58.5 cm³/mol. The van der Waals surface area contributed by atoms with E-state index in [1.807, 2.05) is 16.3 Å². The largest absolute Gasteiger partial charge is 0.390 e. The zero-order chi connectivity index (χ0) is 9.97. The van der Waals surface area contributed by atoms with Crippen LogP contribution in [0.3, 0.4) is 0 Å². The van der Waals surface area contributed by atoms with Crippen LogP contribution in [0, 0.1) is 0 Å². The standard InChI is InChI=1S/C10H14N2OS/c11-9-8(4-7-14-9)10(13)12-5-2-1-3-6-12/h4,7H,1-3,5-6,11H2. The minimum absolute atomic E-state index is 0.100. The van der Waals surface area contributed by atoms with Crippen molar-refractivity contribution in [1.29, 1.82) is 0 Å². The maximum Gasteiger partial charge on any atom is 0.256 e. The monoisotopic (exact) mass is 210 g/mol. The summed E-state index contributed by atoms with van der Waals surface area (Å²) in [6, 6.07) is 1.82. The topological polar surface area (TPSA) is 46.3 Å². The van der Waals surface area contributed by atoms with Gasteiger partial charge in [0.2, 0.25) is 0 Å². The SMILES string of the molecule is Nc1sccc1C(=O)N1CCCCC1. The summed E-state index contributed by atoms with van der Waals surface area (Å²) in [4.78, 5) is 13.8. The third-order valence-corrected chi connectivity index (χ3v) is 3.31. The molecule has 76 valence electrons. The van der Waals surface area contributed by atoms with Crippen molar-refractivity contribution < 1.29 is 4.79 Å². The van der Waals surface area contributed by atoms with E-state index in [9.17, 15) is 4.79 Å². The van der Waals surface area contributed by atoms with Crippen molar-refractivity contribution in [3.8, 4) is 0 Å². The van der Waals surface area contributed by atoms with Crippen LogP contribution in [0.2, 0.25) is 0 Å². The number of hydrogen-bond donors (Lipinski definition) is 1. The van der Waals surface area contributed by atoms with Crippen molar-refractivity contribution in [2.75, 3.05) is 18.8 Å². The molecule has 3 nitrogen and oxygen atoms in total. The van der Waals surface area contributed by atoms with Gasteiger partial charge in [-0.15, -0.1) is 11.3 Å². The molecule has 0 bridgehead atoms. The van der Waals surface area contributed by atoms with Crippen LogP contribution in [0.15, 0.2) is 11.4 Å². The Bertz CT molecular complexity index is 329. The molecule has 1 aliphatic rings. The third kappa shape index (κ3) is 1.75. The molecule has 1 amide bonds. The molecular weight excluding hydrogens is 196 g/mol. The molecular formula is C10H14N2OS. The molecule has 1 aliphatic heterocycles. The quantitative estimate of drug-likeness (QED) is 0.770. The van der Waals surface area contributed by atoms with Gasteiger partial charge >= 0.3 is 0 Å². The second kappa shape index (κ2) is 4.00. The Morgan fingerprint density at radius 3 is 2.64 bits per heavy atom. The fraction of sp³-hybridized carbons (Fsp3) is 0.500. The van der Waals surface area contributed by atoms with Crippen LogP contribution in [0.1, 0.15) is 29.6 Å². The Morgan fingerprint density at radius 1 is 1.36 bits per heavy atom. The van der Waals surface area contributed by atoms with E-state index in [0.29, 0.717) is 10.6 Å². The Labute approximate surface area is 87.5 Å². The Hall–Kier alpha value is -1.03. The molecule has 2 N–H and O–H groups in total. The number of amides is 1. The maximum absolute atomic E-state index is 11.9. The molecule has 2 heterocycles. The minimum Gasteiger partial charge on any atom is -0.390 e. The summed E-state index contributed by atoms with van der Waals surface area (Å²) in [6.07, 6.45) is 3.48. The predicted octanol–water partition coefficient (Wildman–Crippen LogP) is 1.96. The zero-order valence-corrected chi connectivity index (χ0v) is 8.85. The molecule has 1 saturated heterocycles. The lowest BCUT2D eigenvalue weighted by atomic mass is 10.1. The number of carbonyl (C=O) groups excluding carboxylic acids is 1. The van der Waals surface area contributed by atoms with E-state index in [4.69, 9.17) is 5.73 Å². The summed E-state index contributed by atoms with van der Waals surface area (Å²) in [5.41, 5.74) is 6.40. The molecule has 0 spiro atoms. The van der Waals surface area contributed by atoms with Gasteiger partial charge in [0, 0.05) is 13.1 Å². The number of piperidine rings is 1. The third-order valence-electron chi connectivity index (χ3n) is 2.57. The van der Waals surface area contributed by atoms with Gasteiger partial charge in [-0.1, -0.05) is 0 Å². The highest BCUT2D eigenvalue weighted by molar-refractivity contribution is 7.14. The van der Waals surface area contributed by atoms with Crippen LogP contribution >= 0.6 is 11.3 Å². The summed E-state index contributed by atoms with van der Waals surface area (Å²) in [6.45, 7) is 1.77. The highest BCUT2D eigenvalue weighted by Crippen LogP contribution is 2.22. The van der Waals surface area contributed by atoms with Gasteiger partial charge in [0.15, 0.2) is 0 Å². The van der Waals surface area contributed by atoms with Gasteiger partial charge in [0.25, 0.3) is 5.91 Å². The molecule has 1 aromatic rings. The first-order valence-corrected chi connectivity index (χ1v) is 5.79. The number of carbonyl (C=O) groups is 1. The molecule has 1 aromatic heterocycles. The molecule has 4 heteroatoms. The highest BCUT2D eigenvalue weighted by Gasteiger charge is 2.20. The first-order valence-electron chi connectivity index (χ1n) is 4.91. The van der Waals surface area contributed by atoms with Crippen LogP contribution in [0.4, 0.5) is 5.00 Å². The number of hydrogen-bond acceptors (Lipinski definition) is 3. The second-order valence-corrected chi connectivity index (χ2v) is 4.50. The number of nitrogen functional groups attached to an aromatic ring is 1. The van der Waals surface area contributed by atoms with Gasteiger partial charge in [0.05, 0.1) is 10.6 Å². The van der Waals surface area contributed by atoms with Crippen molar-refractivity contribution in [2.24, 2.45) is 0 Å². The highest BCUT2D eigenvalue weighted by atomic mass is 32.1. The summed E-state index contributed by atoms with van der Waals surface area (Å²) in [5.74, 6) is 0.100. The molecule has 0 aromatic carbocycles. The van der Waals surface area contributed by atoms with E-state index >= 15 is 0 Å². The molecule has 0 unspecified atom stereocenters. The van der Waals surface area contributed by atoms with E-state index in [2.05, 4.69) is 0 Å². The van der Waals surface area contributed by atoms with Gasteiger partial charge in [-0.3, -0.25) is 4.79 Å². The molecule has 0 saturated carbocycles. The van der Waals surface area contributed by atoms with Crippen LogP contribution < -0.4 is 5.73 Å². The summed E-state index contributed by atoms with van der Waals surface area (Å²) < 4.78 is 0. The van der Waals surface area contributed by atoms with Crippen molar-refractivity contribution in [3.05, 3.63) is 17.0 Å². The fourth-order valence-corrected chi connectivity index (χ4v) is 2.40. The summed E-state index contributed by atoms with van der Waals surface area (Å²) >= 11 is 1.43. The first kappa shape index (κ1) is 9.52. The normalized spacial score (nSPS) is 17.0. The van der Waals surface area contributed by atoms with E-state index in [1.54, 1.807) is 0 Å². The second-order valence-electron chi connectivity index (χ2n) is 3.55. The van der Waals surface area contributed by atoms with Gasteiger partial charge in [-0.2, -0.15) is 0 Å².